The summed E-state index contributed by atoms with van der Waals surface area (Å²) in [5, 5.41) is 5.40. The lowest BCUT2D eigenvalue weighted by molar-refractivity contribution is 0.926. The highest BCUT2D eigenvalue weighted by Crippen LogP contribution is 2.41. The number of aryl methyl sites for hydroxylation is 2. The zero-order valence-corrected chi connectivity index (χ0v) is 14.4. The van der Waals surface area contributed by atoms with Gasteiger partial charge in [0.1, 0.15) is 0 Å². The third-order valence-corrected chi connectivity index (χ3v) is 5.50. The van der Waals surface area contributed by atoms with E-state index in [2.05, 4.69) is 83.0 Å². The van der Waals surface area contributed by atoms with E-state index in [9.17, 15) is 0 Å². The topological polar surface area (TPSA) is 4.93 Å². The molecule has 0 fully saturated rings. The first-order chi connectivity index (χ1) is 10.7. The van der Waals surface area contributed by atoms with Crippen molar-refractivity contribution < 1.29 is 0 Å². The first-order valence-corrected chi connectivity index (χ1v) is 8.59. The van der Waals surface area contributed by atoms with Crippen LogP contribution in [-0.2, 0) is 13.5 Å². The van der Waals surface area contributed by atoms with Crippen LogP contribution in [0.25, 0.3) is 32.6 Å². The van der Waals surface area contributed by atoms with Gasteiger partial charge in [0.25, 0.3) is 0 Å². The molecule has 1 heterocycles. The molecule has 1 aromatic heterocycles. The molecule has 0 saturated heterocycles. The molecule has 0 bridgehead atoms. The monoisotopic (exact) mass is 351 g/mol. The third-order valence-electron chi connectivity index (χ3n) is 4.59. The molecule has 4 rings (SSSR count). The van der Waals surface area contributed by atoms with Crippen LogP contribution < -0.4 is 0 Å². The molecule has 0 radical (unpaired) electrons. The van der Waals surface area contributed by atoms with Gasteiger partial charge >= 0.3 is 0 Å². The Morgan fingerprint density at radius 3 is 2.27 bits per heavy atom. The second-order valence-corrected chi connectivity index (χ2v) is 6.68. The summed E-state index contributed by atoms with van der Waals surface area (Å²) in [6.07, 6.45) is 2.24. The summed E-state index contributed by atoms with van der Waals surface area (Å²) in [5.41, 5.74) is 4.09. The fraction of sp³-hybridized carbons (Fsp3) is 0.200. The zero-order chi connectivity index (χ0) is 15.3. The van der Waals surface area contributed by atoms with Crippen LogP contribution in [-0.4, -0.2) is 4.57 Å². The highest BCUT2D eigenvalue weighted by Gasteiger charge is 2.18. The van der Waals surface area contributed by atoms with Gasteiger partial charge in [0.15, 0.2) is 0 Å². The molecule has 0 aliphatic heterocycles. The Balaban J connectivity index is 2.37. The number of hydrogen-bond acceptors (Lipinski definition) is 0. The molecular weight excluding hydrogens is 334 g/mol. The van der Waals surface area contributed by atoms with Gasteiger partial charge in [-0.05, 0) is 39.4 Å². The number of benzene rings is 3. The van der Waals surface area contributed by atoms with Gasteiger partial charge in [-0.3, -0.25) is 0 Å². The number of hydrogen-bond donors (Lipinski definition) is 0. The Morgan fingerprint density at radius 2 is 1.55 bits per heavy atom. The molecule has 3 aromatic carbocycles. The van der Waals surface area contributed by atoms with E-state index in [1.54, 1.807) is 0 Å². The van der Waals surface area contributed by atoms with E-state index in [1.807, 2.05) is 0 Å². The van der Waals surface area contributed by atoms with Crippen molar-refractivity contribution in [2.75, 3.05) is 0 Å². The summed E-state index contributed by atoms with van der Waals surface area (Å²) in [6.45, 7) is 2.25. The molecule has 0 spiro atoms. The van der Waals surface area contributed by atoms with Crippen molar-refractivity contribution in [3.63, 3.8) is 0 Å². The van der Waals surface area contributed by atoms with Gasteiger partial charge in [0, 0.05) is 33.2 Å². The van der Waals surface area contributed by atoms with Gasteiger partial charge in [-0.1, -0.05) is 55.8 Å². The predicted molar refractivity (Wildman–Crippen MR) is 99.6 cm³/mol. The molecule has 2 heteroatoms. The van der Waals surface area contributed by atoms with Crippen molar-refractivity contribution in [2.45, 2.75) is 19.8 Å². The van der Waals surface area contributed by atoms with Crippen LogP contribution in [0.1, 0.15) is 18.9 Å². The van der Waals surface area contributed by atoms with E-state index in [1.165, 1.54) is 42.6 Å². The minimum Gasteiger partial charge on any atom is -0.343 e. The maximum absolute atomic E-state index is 3.89. The van der Waals surface area contributed by atoms with E-state index < -0.39 is 0 Å². The van der Waals surface area contributed by atoms with Crippen LogP contribution in [0, 0.1) is 0 Å². The Labute approximate surface area is 138 Å². The average molecular weight is 352 g/mol. The average Bonchev–Trinajstić information content (AvgIpc) is 2.85. The molecule has 0 N–H and O–H groups in total. The van der Waals surface area contributed by atoms with E-state index >= 15 is 0 Å². The highest BCUT2D eigenvalue weighted by molar-refractivity contribution is 9.10. The molecule has 0 unspecified atom stereocenters. The zero-order valence-electron chi connectivity index (χ0n) is 12.9. The fourth-order valence-corrected chi connectivity index (χ4v) is 4.39. The Kier molecular flexibility index (Phi) is 3.23. The Bertz CT molecular complexity index is 1010. The highest BCUT2D eigenvalue weighted by atomic mass is 79.9. The second-order valence-electron chi connectivity index (χ2n) is 5.89. The summed E-state index contributed by atoms with van der Waals surface area (Å²) >= 11 is 3.89. The van der Waals surface area contributed by atoms with E-state index in [0.29, 0.717) is 0 Å². The molecule has 4 aromatic rings. The molecule has 0 saturated carbocycles. The van der Waals surface area contributed by atoms with E-state index in [4.69, 9.17) is 0 Å². The molecule has 110 valence electrons. The minimum absolute atomic E-state index is 1.09. The van der Waals surface area contributed by atoms with Crippen LogP contribution in [0.3, 0.4) is 0 Å². The predicted octanol–water partition coefficient (Wildman–Crippen LogP) is 6.20. The molecule has 0 aliphatic rings. The maximum atomic E-state index is 3.89. The van der Waals surface area contributed by atoms with Crippen LogP contribution in [0.4, 0.5) is 0 Å². The van der Waals surface area contributed by atoms with Gasteiger partial charge < -0.3 is 4.57 Å². The van der Waals surface area contributed by atoms with Crippen molar-refractivity contribution in [1.82, 2.24) is 4.57 Å². The van der Waals surface area contributed by atoms with Gasteiger partial charge in [-0.15, -0.1) is 0 Å². The number of aromatic nitrogens is 1. The third kappa shape index (κ3) is 1.77. The number of fused-ring (bicyclic) bond motifs is 5. The standard InChI is InChI=1S/C20H18BrN/c1-3-8-16-18-15-11-6-7-12-17(15)22(2)20(18)14-10-5-4-9-13(14)19(16)21/h4-7,9-12H,3,8H2,1-2H3. The van der Waals surface area contributed by atoms with Crippen LogP contribution >= 0.6 is 15.9 Å². The molecule has 0 atom stereocenters. The van der Waals surface area contributed by atoms with Crippen molar-refractivity contribution in [3.8, 4) is 0 Å². The van der Waals surface area contributed by atoms with E-state index in [0.717, 1.165) is 12.8 Å². The lowest BCUT2D eigenvalue weighted by Gasteiger charge is -2.12. The minimum atomic E-state index is 1.09. The number of para-hydroxylation sites is 1. The Morgan fingerprint density at radius 1 is 0.909 bits per heavy atom. The van der Waals surface area contributed by atoms with Gasteiger partial charge in [-0.2, -0.15) is 0 Å². The molecular formula is C20H18BrN. The summed E-state index contributed by atoms with van der Waals surface area (Å²) in [5.74, 6) is 0. The number of nitrogens with zero attached hydrogens (tertiary/aromatic N) is 1. The Hall–Kier alpha value is -1.80. The first kappa shape index (κ1) is 13.8. The molecule has 0 aliphatic carbocycles. The summed E-state index contributed by atoms with van der Waals surface area (Å²) in [6, 6.07) is 17.4. The van der Waals surface area contributed by atoms with Gasteiger partial charge in [0.05, 0.1) is 5.52 Å². The van der Waals surface area contributed by atoms with Crippen molar-refractivity contribution in [2.24, 2.45) is 7.05 Å². The largest absolute Gasteiger partial charge is 0.343 e. The maximum Gasteiger partial charge on any atom is 0.0572 e. The van der Waals surface area contributed by atoms with Crippen molar-refractivity contribution >= 4 is 48.5 Å². The van der Waals surface area contributed by atoms with Crippen LogP contribution in [0.5, 0.6) is 0 Å². The lowest BCUT2D eigenvalue weighted by Crippen LogP contribution is -1.93. The second kappa shape index (κ2) is 5.13. The summed E-state index contributed by atoms with van der Waals surface area (Å²) < 4.78 is 3.60. The fourth-order valence-electron chi connectivity index (χ4n) is 3.65. The van der Waals surface area contributed by atoms with Gasteiger partial charge in [0.2, 0.25) is 0 Å². The summed E-state index contributed by atoms with van der Waals surface area (Å²) in [7, 11) is 2.18. The molecule has 22 heavy (non-hydrogen) atoms. The van der Waals surface area contributed by atoms with E-state index in [-0.39, 0.29) is 0 Å². The van der Waals surface area contributed by atoms with Crippen LogP contribution in [0.15, 0.2) is 53.0 Å². The van der Waals surface area contributed by atoms with Crippen molar-refractivity contribution in [1.29, 1.82) is 0 Å². The smallest absolute Gasteiger partial charge is 0.0572 e. The number of halogens is 1. The number of rotatable bonds is 2. The van der Waals surface area contributed by atoms with Gasteiger partial charge in [-0.25, -0.2) is 0 Å². The normalized spacial score (nSPS) is 11.8. The van der Waals surface area contributed by atoms with Crippen molar-refractivity contribution in [3.05, 3.63) is 58.6 Å². The first-order valence-electron chi connectivity index (χ1n) is 7.80. The van der Waals surface area contributed by atoms with Crippen LogP contribution in [0.2, 0.25) is 0 Å². The quantitative estimate of drug-likeness (QED) is 0.405. The SMILES string of the molecule is CCCc1c(Br)c2ccccc2c2c1c1ccccc1n2C. The lowest BCUT2D eigenvalue weighted by atomic mass is 9.97. The molecule has 1 nitrogen and oxygen atoms in total. The summed E-state index contributed by atoms with van der Waals surface area (Å²) in [4.78, 5) is 0. The molecule has 0 amide bonds.